The van der Waals surface area contributed by atoms with E-state index in [1.54, 1.807) is 6.07 Å². The van der Waals surface area contributed by atoms with E-state index in [9.17, 15) is 4.79 Å². The standard InChI is InChI=1S/C16H19ClN4OS/c17-14-7-6-13(23-14)16(22)21-8-2-1-3-12(21)15-19-18-10-20(15)9-11-4-5-11/h6-7,10-12H,1-5,8-9H2/t12-/m1/s1. The molecule has 1 atom stereocenters. The van der Waals surface area contributed by atoms with Gasteiger partial charge >= 0.3 is 0 Å². The molecule has 1 saturated heterocycles. The number of aromatic nitrogens is 3. The van der Waals surface area contributed by atoms with Gasteiger partial charge in [0.05, 0.1) is 15.3 Å². The second-order valence-electron chi connectivity index (χ2n) is 6.40. The second kappa shape index (κ2) is 6.24. The molecule has 0 aromatic carbocycles. The maximum atomic E-state index is 12.9. The average molecular weight is 351 g/mol. The number of hydrogen-bond acceptors (Lipinski definition) is 4. The van der Waals surface area contributed by atoms with Gasteiger partial charge in [-0.3, -0.25) is 4.79 Å². The van der Waals surface area contributed by atoms with Gasteiger partial charge in [-0.2, -0.15) is 0 Å². The van der Waals surface area contributed by atoms with Crippen LogP contribution in [0.5, 0.6) is 0 Å². The lowest BCUT2D eigenvalue weighted by Crippen LogP contribution is -2.39. The van der Waals surface area contributed by atoms with Crippen LogP contribution >= 0.6 is 22.9 Å². The van der Waals surface area contributed by atoms with E-state index in [-0.39, 0.29) is 11.9 Å². The van der Waals surface area contributed by atoms with Gasteiger partial charge in [-0.05, 0) is 50.2 Å². The number of nitrogens with zero attached hydrogens (tertiary/aromatic N) is 4. The lowest BCUT2D eigenvalue weighted by Gasteiger charge is -2.35. The number of thiophene rings is 1. The van der Waals surface area contributed by atoms with Gasteiger partial charge in [0.1, 0.15) is 6.33 Å². The maximum absolute atomic E-state index is 12.9. The largest absolute Gasteiger partial charge is 0.328 e. The fraction of sp³-hybridized carbons (Fsp3) is 0.562. The van der Waals surface area contributed by atoms with Crippen molar-refractivity contribution in [1.82, 2.24) is 19.7 Å². The second-order valence-corrected chi connectivity index (χ2v) is 8.11. The van der Waals surface area contributed by atoms with Crippen LogP contribution in [0.15, 0.2) is 18.5 Å². The van der Waals surface area contributed by atoms with Gasteiger partial charge in [0.2, 0.25) is 0 Å². The van der Waals surface area contributed by atoms with Crippen molar-refractivity contribution >= 4 is 28.8 Å². The van der Waals surface area contributed by atoms with Gasteiger partial charge < -0.3 is 9.47 Å². The summed E-state index contributed by atoms with van der Waals surface area (Å²) in [6.07, 6.45) is 7.51. The number of carbonyl (C=O) groups excluding carboxylic acids is 1. The van der Waals surface area contributed by atoms with Gasteiger partial charge in [-0.25, -0.2) is 0 Å². The summed E-state index contributed by atoms with van der Waals surface area (Å²) in [5.41, 5.74) is 0. The Balaban J connectivity index is 1.60. The zero-order valence-electron chi connectivity index (χ0n) is 12.8. The molecule has 5 nitrogen and oxygen atoms in total. The third-order valence-corrected chi connectivity index (χ3v) is 5.86. The highest BCUT2D eigenvalue weighted by Crippen LogP contribution is 2.35. The quantitative estimate of drug-likeness (QED) is 0.843. The van der Waals surface area contributed by atoms with Crippen molar-refractivity contribution in [1.29, 1.82) is 0 Å². The summed E-state index contributed by atoms with van der Waals surface area (Å²) >= 11 is 7.34. The smallest absolute Gasteiger partial charge is 0.264 e. The zero-order chi connectivity index (χ0) is 15.8. The Hall–Kier alpha value is -1.40. The fourth-order valence-electron chi connectivity index (χ4n) is 3.26. The van der Waals surface area contributed by atoms with Crippen LogP contribution in [0.3, 0.4) is 0 Å². The number of piperidine rings is 1. The number of halogens is 1. The molecule has 0 unspecified atom stereocenters. The fourth-order valence-corrected chi connectivity index (χ4v) is 4.25. The molecule has 1 amide bonds. The van der Waals surface area contributed by atoms with E-state index in [2.05, 4.69) is 14.8 Å². The van der Waals surface area contributed by atoms with Gasteiger partial charge in [-0.15, -0.1) is 21.5 Å². The minimum Gasteiger partial charge on any atom is -0.328 e. The van der Waals surface area contributed by atoms with Crippen molar-refractivity contribution in [2.45, 2.75) is 44.7 Å². The minimum absolute atomic E-state index is 0.0263. The maximum Gasteiger partial charge on any atom is 0.264 e. The summed E-state index contributed by atoms with van der Waals surface area (Å²) in [5.74, 6) is 1.76. The van der Waals surface area contributed by atoms with Crippen LogP contribution in [0, 0.1) is 5.92 Å². The summed E-state index contributed by atoms with van der Waals surface area (Å²) in [6.45, 7) is 1.75. The molecule has 0 spiro atoms. The predicted molar refractivity (Wildman–Crippen MR) is 89.7 cm³/mol. The SMILES string of the molecule is O=C(c1ccc(Cl)s1)N1CCCC[C@@H]1c1nncn1CC1CC1. The normalized spacial score (nSPS) is 21.6. The van der Waals surface area contributed by atoms with E-state index in [4.69, 9.17) is 11.6 Å². The Labute approximate surface area is 144 Å². The third kappa shape index (κ3) is 3.15. The molecule has 3 heterocycles. The number of hydrogen-bond donors (Lipinski definition) is 0. The molecule has 1 saturated carbocycles. The Morgan fingerprint density at radius 2 is 2.17 bits per heavy atom. The Kier molecular flexibility index (Phi) is 4.11. The molecule has 0 bridgehead atoms. The van der Waals surface area contributed by atoms with Crippen molar-refractivity contribution in [3.05, 3.63) is 33.5 Å². The summed E-state index contributed by atoms with van der Waals surface area (Å²) in [7, 11) is 0. The molecule has 122 valence electrons. The lowest BCUT2D eigenvalue weighted by molar-refractivity contribution is 0.0599. The van der Waals surface area contributed by atoms with Crippen LogP contribution in [0.4, 0.5) is 0 Å². The molecule has 2 fully saturated rings. The van der Waals surface area contributed by atoms with Crippen molar-refractivity contribution in [3.8, 4) is 0 Å². The Morgan fingerprint density at radius 3 is 2.91 bits per heavy atom. The molecule has 7 heteroatoms. The van der Waals surface area contributed by atoms with Crippen molar-refractivity contribution in [2.24, 2.45) is 5.92 Å². The molecule has 0 radical (unpaired) electrons. The lowest BCUT2D eigenvalue weighted by atomic mass is 10.0. The molecule has 2 aromatic rings. The van der Waals surface area contributed by atoms with E-state index in [0.29, 0.717) is 9.21 Å². The molecule has 0 N–H and O–H groups in total. The van der Waals surface area contributed by atoms with E-state index < -0.39 is 0 Å². The van der Waals surface area contributed by atoms with E-state index in [1.165, 1.54) is 24.2 Å². The predicted octanol–water partition coefficient (Wildman–Crippen LogP) is 3.77. The van der Waals surface area contributed by atoms with Crippen LogP contribution in [0.1, 0.15) is 53.6 Å². The number of amides is 1. The van der Waals surface area contributed by atoms with E-state index >= 15 is 0 Å². The van der Waals surface area contributed by atoms with Crippen LogP contribution in [-0.2, 0) is 6.54 Å². The topological polar surface area (TPSA) is 51.0 Å². The highest BCUT2D eigenvalue weighted by Gasteiger charge is 2.33. The molecule has 1 aliphatic heterocycles. The molecular weight excluding hydrogens is 332 g/mol. The molecular formula is C16H19ClN4OS. The highest BCUT2D eigenvalue weighted by atomic mass is 35.5. The summed E-state index contributed by atoms with van der Waals surface area (Å²) < 4.78 is 2.80. The Bertz CT molecular complexity index is 709. The van der Waals surface area contributed by atoms with Gasteiger partial charge in [0.15, 0.2) is 5.82 Å². The first-order chi connectivity index (χ1) is 11.2. The zero-order valence-corrected chi connectivity index (χ0v) is 14.4. The molecule has 2 aromatic heterocycles. The first-order valence-electron chi connectivity index (χ1n) is 8.16. The Morgan fingerprint density at radius 1 is 1.30 bits per heavy atom. The van der Waals surface area contributed by atoms with Gasteiger partial charge in [0, 0.05) is 13.1 Å². The summed E-state index contributed by atoms with van der Waals surface area (Å²) in [4.78, 5) is 15.5. The molecule has 23 heavy (non-hydrogen) atoms. The molecule has 1 aliphatic carbocycles. The molecule has 2 aliphatic rings. The number of rotatable bonds is 4. The van der Waals surface area contributed by atoms with Crippen molar-refractivity contribution in [3.63, 3.8) is 0 Å². The van der Waals surface area contributed by atoms with Crippen LogP contribution in [-0.4, -0.2) is 32.1 Å². The van der Waals surface area contributed by atoms with Gasteiger partial charge in [-0.1, -0.05) is 11.6 Å². The van der Waals surface area contributed by atoms with Gasteiger partial charge in [0.25, 0.3) is 5.91 Å². The monoisotopic (exact) mass is 350 g/mol. The number of carbonyl (C=O) groups is 1. The average Bonchev–Trinajstić information content (AvgIpc) is 3.07. The summed E-state index contributed by atoms with van der Waals surface area (Å²) in [5, 5.41) is 8.45. The van der Waals surface area contributed by atoms with Crippen molar-refractivity contribution < 1.29 is 4.79 Å². The number of likely N-dealkylation sites (tertiary alicyclic amines) is 1. The summed E-state index contributed by atoms with van der Waals surface area (Å²) in [6, 6.07) is 3.63. The first-order valence-corrected chi connectivity index (χ1v) is 9.36. The van der Waals surface area contributed by atoms with Crippen LogP contribution in [0.2, 0.25) is 4.34 Å². The minimum atomic E-state index is 0.0263. The van der Waals surface area contributed by atoms with E-state index in [1.807, 2.05) is 17.3 Å². The molecule has 4 rings (SSSR count). The van der Waals surface area contributed by atoms with Crippen molar-refractivity contribution in [2.75, 3.05) is 6.54 Å². The highest BCUT2D eigenvalue weighted by molar-refractivity contribution is 7.17. The third-order valence-electron chi connectivity index (χ3n) is 4.64. The van der Waals surface area contributed by atoms with Crippen LogP contribution < -0.4 is 0 Å². The first kappa shape index (κ1) is 15.1. The van der Waals surface area contributed by atoms with E-state index in [0.717, 1.165) is 44.1 Å². The van der Waals surface area contributed by atoms with Crippen LogP contribution in [0.25, 0.3) is 0 Å².